The van der Waals surface area contributed by atoms with E-state index in [1.165, 1.54) is 30.6 Å². The molecule has 1 aliphatic rings. The molecule has 0 aromatic carbocycles. The molecule has 0 bridgehead atoms. The monoisotopic (exact) mass is 234 g/mol. The Kier molecular flexibility index (Phi) is 4.00. The molecule has 1 N–H and O–H groups in total. The van der Waals surface area contributed by atoms with E-state index in [4.69, 9.17) is 4.74 Å². The van der Waals surface area contributed by atoms with Gasteiger partial charge in [0.25, 0.3) is 0 Å². The smallest absolute Gasteiger partial charge is 0.128 e. The summed E-state index contributed by atoms with van der Waals surface area (Å²) < 4.78 is 5.45. The topological polar surface area (TPSA) is 34.1 Å². The third-order valence-electron chi connectivity index (χ3n) is 3.63. The zero-order chi connectivity index (χ0) is 12.3. The molecule has 0 aliphatic carbocycles. The Hall–Kier alpha value is -1.09. The van der Waals surface area contributed by atoms with E-state index in [0.29, 0.717) is 0 Å². The van der Waals surface area contributed by atoms with Crippen LogP contribution in [0.5, 0.6) is 5.75 Å². The number of piperidine rings is 1. The van der Waals surface area contributed by atoms with Gasteiger partial charge < -0.3 is 10.1 Å². The highest BCUT2D eigenvalue weighted by Gasteiger charge is 2.17. The second-order valence-electron chi connectivity index (χ2n) is 4.96. The Bertz CT molecular complexity index is 384. The van der Waals surface area contributed by atoms with Crippen molar-refractivity contribution in [3.05, 3.63) is 23.0 Å². The van der Waals surface area contributed by atoms with Gasteiger partial charge in [-0.2, -0.15) is 0 Å². The van der Waals surface area contributed by atoms with Crippen LogP contribution in [-0.4, -0.2) is 25.2 Å². The minimum atomic E-state index is 0.724. The van der Waals surface area contributed by atoms with Gasteiger partial charge in [-0.1, -0.05) is 0 Å². The Balaban J connectivity index is 2.15. The first kappa shape index (κ1) is 12.4. The lowest BCUT2D eigenvalue weighted by molar-refractivity contribution is 0.370. The standard InChI is InChI=1S/C14H22N2O/c1-10-8-16-13(11(2)14(10)17-3)7-12-5-4-6-15-9-12/h8,12,15H,4-7,9H2,1-3H3. The van der Waals surface area contributed by atoms with Gasteiger partial charge in [0.1, 0.15) is 5.75 Å². The number of aromatic nitrogens is 1. The predicted octanol–water partition coefficient (Wildman–Crippen LogP) is 2.25. The van der Waals surface area contributed by atoms with Crippen molar-refractivity contribution in [1.29, 1.82) is 0 Å². The van der Waals surface area contributed by atoms with Crippen LogP contribution in [0.1, 0.15) is 29.7 Å². The number of methoxy groups -OCH3 is 1. The summed E-state index contributed by atoms with van der Waals surface area (Å²) >= 11 is 0. The Morgan fingerprint density at radius 3 is 2.94 bits per heavy atom. The molecule has 17 heavy (non-hydrogen) atoms. The van der Waals surface area contributed by atoms with Crippen molar-refractivity contribution < 1.29 is 4.74 Å². The van der Waals surface area contributed by atoms with Crippen molar-refractivity contribution in [2.24, 2.45) is 5.92 Å². The van der Waals surface area contributed by atoms with Crippen LogP contribution in [0.3, 0.4) is 0 Å². The minimum Gasteiger partial charge on any atom is -0.496 e. The van der Waals surface area contributed by atoms with Gasteiger partial charge in [-0.3, -0.25) is 4.98 Å². The quantitative estimate of drug-likeness (QED) is 0.871. The lowest BCUT2D eigenvalue weighted by Gasteiger charge is -2.23. The molecule has 1 unspecified atom stereocenters. The van der Waals surface area contributed by atoms with Crippen LogP contribution in [0.2, 0.25) is 0 Å². The third kappa shape index (κ3) is 2.78. The van der Waals surface area contributed by atoms with E-state index in [-0.39, 0.29) is 0 Å². The average Bonchev–Trinajstić information content (AvgIpc) is 2.35. The first-order chi connectivity index (χ1) is 8.22. The van der Waals surface area contributed by atoms with E-state index in [9.17, 15) is 0 Å². The van der Waals surface area contributed by atoms with Crippen LogP contribution in [0.25, 0.3) is 0 Å². The van der Waals surface area contributed by atoms with Crippen LogP contribution < -0.4 is 10.1 Å². The predicted molar refractivity (Wildman–Crippen MR) is 69.6 cm³/mol. The number of hydrogen-bond donors (Lipinski definition) is 1. The molecule has 0 radical (unpaired) electrons. The molecule has 0 saturated carbocycles. The van der Waals surface area contributed by atoms with Crippen LogP contribution in [-0.2, 0) is 6.42 Å². The molecule has 1 aromatic rings. The van der Waals surface area contributed by atoms with Crippen molar-refractivity contribution in [3.63, 3.8) is 0 Å². The van der Waals surface area contributed by atoms with Crippen molar-refractivity contribution in [1.82, 2.24) is 10.3 Å². The Morgan fingerprint density at radius 2 is 2.29 bits per heavy atom. The number of rotatable bonds is 3. The summed E-state index contributed by atoms with van der Waals surface area (Å²) in [7, 11) is 1.74. The highest BCUT2D eigenvalue weighted by atomic mass is 16.5. The summed E-state index contributed by atoms with van der Waals surface area (Å²) in [6.45, 7) is 6.45. The molecular weight excluding hydrogens is 212 g/mol. The summed E-state index contributed by atoms with van der Waals surface area (Å²) in [5.41, 5.74) is 3.52. The molecular formula is C14H22N2O. The lowest BCUT2D eigenvalue weighted by atomic mass is 9.92. The van der Waals surface area contributed by atoms with Gasteiger partial charge >= 0.3 is 0 Å². The second kappa shape index (κ2) is 5.50. The first-order valence-corrected chi connectivity index (χ1v) is 6.42. The van der Waals surface area contributed by atoms with E-state index in [2.05, 4.69) is 17.2 Å². The van der Waals surface area contributed by atoms with E-state index in [1.54, 1.807) is 7.11 Å². The molecule has 2 heterocycles. The van der Waals surface area contributed by atoms with Gasteiger partial charge in [-0.05, 0) is 52.1 Å². The van der Waals surface area contributed by atoms with Crippen molar-refractivity contribution in [3.8, 4) is 5.75 Å². The van der Waals surface area contributed by atoms with E-state index < -0.39 is 0 Å². The molecule has 3 nitrogen and oxygen atoms in total. The van der Waals surface area contributed by atoms with Crippen LogP contribution in [0, 0.1) is 19.8 Å². The maximum Gasteiger partial charge on any atom is 0.128 e. The molecule has 1 atom stereocenters. The van der Waals surface area contributed by atoms with Crippen LogP contribution in [0.15, 0.2) is 6.20 Å². The fourth-order valence-electron chi connectivity index (χ4n) is 2.65. The molecule has 0 amide bonds. The molecule has 1 aliphatic heterocycles. The van der Waals surface area contributed by atoms with Gasteiger partial charge in [-0.25, -0.2) is 0 Å². The first-order valence-electron chi connectivity index (χ1n) is 6.42. The van der Waals surface area contributed by atoms with E-state index in [1.807, 2.05) is 13.1 Å². The highest BCUT2D eigenvalue weighted by Crippen LogP contribution is 2.26. The number of pyridine rings is 1. The fourth-order valence-corrected chi connectivity index (χ4v) is 2.65. The zero-order valence-corrected chi connectivity index (χ0v) is 11.0. The van der Waals surface area contributed by atoms with Gasteiger partial charge in [-0.15, -0.1) is 0 Å². The van der Waals surface area contributed by atoms with Crippen molar-refractivity contribution in [2.45, 2.75) is 33.1 Å². The molecule has 0 spiro atoms. The minimum absolute atomic E-state index is 0.724. The number of aryl methyl sites for hydroxylation is 1. The second-order valence-corrected chi connectivity index (χ2v) is 4.96. The molecule has 2 rings (SSSR count). The highest BCUT2D eigenvalue weighted by molar-refractivity contribution is 5.41. The maximum absolute atomic E-state index is 5.45. The van der Waals surface area contributed by atoms with Gasteiger partial charge in [0, 0.05) is 23.0 Å². The number of hydrogen-bond acceptors (Lipinski definition) is 3. The summed E-state index contributed by atoms with van der Waals surface area (Å²) in [6, 6.07) is 0. The molecule has 1 saturated heterocycles. The lowest BCUT2D eigenvalue weighted by Crippen LogP contribution is -2.31. The normalized spacial score (nSPS) is 20.3. The van der Waals surface area contributed by atoms with E-state index >= 15 is 0 Å². The zero-order valence-electron chi connectivity index (χ0n) is 11.0. The molecule has 94 valence electrons. The third-order valence-corrected chi connectivity index (χ3v) is 3.63. The molecule has 1 fully saturated rings. The SMILES string of the molecule is COc1c(C)cnc(CC2CCCNC2)c1C. The summed E-state index contributed by atoms with van der Waals surface area (Å²) in [5, 5.41) is 3.46. The summed E-state index contributed by atoms with van der Waals surface area (Å²) in [4.78, 5) is 4.57. The van der Waals surface area contributed by atoms with Crippen LogP contribution in [0.4, 0.5) is 0 Å². The number of nitrogens with one attached hydrogen (secondary N) is 1. The van der Waals surface area contributed by atoms with Gasteiger partial charge in [0.15, 0.2) is 0 Å². The largest absolute Gasteiger partial charge is 0.496 e. The molecule has 3 heteroatoms. The summed E-state index contributed by atoms with van der Waals surface area (Å²) in [6.07, 6.45) is 5.59. The van der Waals surface area contributed by atoms with Crippen molar-refractivity contribution in [2.75, 3.05) is 20.2 Å². The maximum atomic E-state index is 5.45. The van der Waals surface area contributed by atoms with E-state index in [0.717, 1.165) is 30.2 Å². The Labute approximate surface area is 104 Å². The average molecular weight is 234 g/mol. The number of ether oxygens (including phenoxy) is 1. The van der Waals surface area contributed by atoms with Gasteiger partial charge in [0.2, 0.25) is 0 Å². The summed E-state index contributed by atoms with van der Waals surface area (Å²) in [5.74, 6) is 1.72. The molecule has 1 aromatic heterocycles. The number of nitrogens with zero attached hydrogens (tertiary/aromatic N) is 1. The van der Waals surface area contributed by atoms with Crippen LogP contribution >= 0.6 is 0 Å². The Morgan fingerprint density at radius 1 is 1.47 bits per heavy atom. The van der Waals surface area contributed by atoms with Gasteiger partial charge in [0.05, 0.1) is 7.11 Å². The van der Waals surface area contributed by atoms with Crippen molar-refractivity contribution >= 4 is 0 Å². The fraction of sp³-hybridized carbons (Fsp3) is 0.643.